The highest BCUT2D eigenvalue weighted by Crippen LogP contribution is 2.00. The molecule has 2 heterocycles. The molecule has 16 heavy (non-hydrogen) atoms. The summed E-state index contributed by atoms with van der Waals surface area (Å²) in [7, 11) is 1.75. The minimum absolute atomic E-state index is 0.470. The van der Waals surface area contributed by atoms with Gasteiger partial charge < -0.3 is 9.88 Å². The summed E-state index contributed by atoms with van der Waals surface area (Å²) in [6.45, 7) is 0.547. The zero-order chi connectivity index (χ0) is 11.4. The first-order valence-corrected chi connectivity index (χ1v) is 5.06. The van der Waals surface area contributed by atoms with E-state index >= 15 is 0 Å². The minimum Gasteiger partial charge on any atom is -0.357 e. The number of nitrogens with zero attached hydrogens (tertiary/aromatic N) is 5. The van der Waals surface area contributed by atoms with Crippen molar-refractivity contribution in [1.82, 2.24) is 24.5 Å². The van der Waals surface area contributed by atoms with E-state index in [0.29, 0.717) is 17.3 Å². The van der Waals surface area contributed by atoms with Crippen molar-refractivity contribution in [3.63, 3.8) is 0 Å². The van der Waals surface area contributed by atoms with Gasteiger partial charge in [-0.15, -0.1) is 0 Å². The average molecular weight is 234 g/mol. The van der Waals surface area contributed by atoms with Crippen LogP contribution in [0.25, 0.3) is 0 Å². The van der Waals surface area contributed by atoms with Crippen molar-refractivity contribution < 1.29 is 0 Å². The van der Waals surface area contributed by atoms with Crippen LogP contribution in [0.3, 0.4) is 0 Å². The van der Waals surface area contributed by atoms with Crippen molar-refractivity contribution in [3.8, 4) is 0 Å². The Kier molecular flexibility index (Phi) is 3.16. The van der Waals surface area contributed by atoms with Crippen LogP contribution in [0.1, 0.15) is 5.69 Å². The molecule has 0 fully saturated rings. The van der Waals surface area contributed by atoms with Crippen molar-refractivity contribution in [1.29, 1.82) is 0 Å². The van der Waals surface area contributed by atoms with E-state index in [1.54, 1.807) is 24.1 Å². The van der Waals surface area contributed by atoms with Crippen LogP contribution >= 0.6 is 12.2 Å². The van der Waals surface area contributed by atoms with Gasteiger partial charge in [0.2, 0.25) is 10.7 Å². The molecule has 2 aromatic heterocycles. The smallest absolute Gasteiger partial charge is 0.226 e. The Morgan fingerprint density at radius 3 is 2.94 bits per heavy atom. The number of rotatable bonds is 3. The molecular formula is C9H10N6S. The highest BCUT2D eigenvalue weighted by atomic mass is 32.1. The van der Waals surface area contributed by atoms with E-state index in [4.69, 9.17) is 12.2 Å². The lowest BCUT2D eigenvalue weighted by atomic mass is 10.4. The van der Waals surface area contributed by atoms with E-state index in [2.05, 4.69) is 25.3 Å². The fourth-order valence-electron chi connectivity index (χ4n) is 1.17. The zero-order valence-corrected chi connectivity index (χ0v) is 9.48. The molecule has 0 amide bonds. The van der Waals surface area contributed by atoms with Crippen LogP contribution in [-0.4, -0.2) is 31.6 Å². The van der Waals surface area contributed by atoms with Gasteiger partial charge in [-0.05, 0) is 18.3 Å². The Morgan fingerprint density at radius 1 is 1.44 bits per heavy atom. The molecule has 0 aromatic carbocycles. The van der Waals surface area contributed by atoms with Crippen LogP contribution in [0.15, 0.2) is 24.9 Å². The highest BCUT2D eigenvalue weighted by molar-refractivity contribution is 7.71. The molecule has 82 valence electrons. The molecule has 0 aliphatic heterocycles. The molecule has 6 nitrogen and oxygen atoms in total. The standard InChI is InChI=1S/C9H10N6S/c1-10-8-13-6-15(9(16)14-8)4-7-2-3-11-5-12-7/h2-3,5-6H,4H2,1H3,(H,10,14,16). The van der Waals surface area contributed by atoms with E-state index in [1.807, 2.05) is 6.07 Å². The third-order valence-corrected chi connectivity index (χ3v) is 2.29. The first kappa shape index (κ1) is 10.6. The van der Waals surface area contributed by atoms with E-state index in [-0.39, 0.29) is 0 Å². The third-order valence-electron chi connectivity index (χ3n) is 1.97. The molecule has 2 rings (SSSR count). The van der Waals surface area contributed by atoms with Gasteiger partial charge >= 0.3 is 0 Å². The minimum atomic E-state index is 0.470. The van der Waals surface area contributed by atoms with Crippen molar-refractivity contribution in [2.75, 3.05) is 12.4 Å². The lowest BCUT2D eigenvalue weighted by Crippen LogP contribution is -2.08. The van der Waals surface area contributed by atoms with Gasteiger partial charge in [0.1, 0.15) is 12.7 Å². The molecule has 1 N–H and O–H groups in total. The maximum Gasteiger partial charge on any atom is 0.226 e. The molecule has 0 aliphatic carbocycles. The van der Waals surface area contributed by atoms with Crippen LogP contribution in [-0.2, 0) is 6.54 Å². The van der Waals surface area contributed by atoms with Gasteiger partial charge in [0.05, 0.1) is 12.2 Å². The zero-order valence-electron chi connectivity index (χ0n) is 8.66. The molecule has 0 atom stereocenters. The van der Waals surface area contributed by atoms with Crippen LogP contribution in [0, 0.1) is 4.77 Å². The fourth-order valence-corrected chi connectivity index (χ4v) is 1.37. The Morgan fingerprint density at radius 2 is 2.31 bits per heavy atom. The first-order chi connectivity index (χ1) is 7.79. The monoisotopic (exact) mass is 234 g/mol. The number of hydrogen-bond acceptors (Lipinski definition) is 6. The summed E-state index contributed by atoms with van der Waals surface area (Å²) in [6, 6.07) is 1.83. The van der Waals surface area contributed by atoms with Gasteiger partial charge in [-0.1, -0.05) is 0 Å². The van der Waals surface area contributed by atoms with Gasteiger partial charge in [-0.3, -0.25) is 0 Å². The Bertz CT molecular complexity index is 523. The fraction of sp³-hybridized carbons (Fsp3) is 0.222. The molecule has 0 unspecified atom stereocenters. The number of anilines is 1. The summed E-state index contributed by atoms with van der Waals surface area (Å²) in [5.74, 6) is 0.518. The van der Waals surface area contributed by atoms with Gasteiger partial charge in [0, 0.05) is 13.2 Å². The van der Waals surface area contributed by atoms with Crippen LogP contribution < -0.4 is 5.32 Å². The molecule has 0 saturated carbocycles. The maximum absolute atomic E-state index is 5.13. The van der Waals surface area contributed by atoms with E-state index < -0.39 is 0 Å². The molecule has 0 bridgehead atoms. The maximum atomic E-state index is 5.13. The van der Waals surface area contributed by atoms with Crippen LogP contribution in [0.2, 0.25) is 0 Å². The van der Waals surface area contributed by atoms with Crippen molar-refractivity contribution in [2.45, 2.75) is 6.54 Å². The molecule has 2 aromatic rings. The third kappa shape index (κ3) is 2.37. The topological polar surface area (TPSA) is 68.5 Å². The first-order valence-electron chi connectivity index (χ1n) is 4.65. The lowest BCUT2D eigenvalue weighted by Gasteiger charge is -2.05. The predicted molar refractivity (Wildman–Crippen MR) is 61.5 cm³/mol. The van der Waals surface area contributed by atoms with E-state index in [9.17, 15) is 0 Å². The molecular weight excluding hydrogens is 224 g/mol. The Hall–Kier alpha value is -1.89. The van der Waals surface area contributed by atoms with Gasteiger partial charge in [0.25, 0.3) is 0 Å². The van der Waals surface area contributed by atoms with Crippen molar-refractivity contribution in [3.05, 3.63) is 35.4 Å². The second-order valence-corrected chi connectivity index (χ2v) is 3.41. The predicted octanol–water partition coefficient (Wildman–Crippen LogP) is 0.888. The summed E-state index contributed by atoms with van der Waals surface area (Å²) in [4.78, 5) is 16.1. The summed E-state index contributed by atoms with van der Waals surface area (Å²) < 4.78 is 2.22. The van der Waals surface area contributed by atoms with Crippen LogP contribution in [0.4, 0.5) is 5.95 Å². The summed E-state index contributed by atoms with van der Waals surface area (Å²) >= 11 is 5.13. The lowest BCUT2D eigenvalue weighted by molar-refractivity contribution is 0.707. The Balaban J connectivity index is 2.26. The molecule has 7 heteroatoms. The van der Waals surface area contributed by atoms with Gasteiger partial charge in [-0.2, -0.15) is 4.98 Å². The summed E-state index contributed by atoms with van der Waals surface area (Å²) in [5.41, 5.74) is 0.868. The second-order valence-electron chi connectivity index (χ2n) is 3.04. The Labute approximate surface area is 97.4 Å². The number of aromatic nitrogens is 5. The number of hydrogen-bond donors (Lipinski definition) is 1. The molecule has 0 radical (unpaired) electrons. The summed E-state index contributed by atoms with van der Waals surface area (Å²) in [6.07, 6.45) is 4.83. The summed E-state index contributed by atoms with van der Waals surface area (Å²) in [5, 5.41) is 2.83. The van der Waals surface area contributed by atoms with Crippen molar-refractivity contribution in [2.24, 2.45) is 0 Å². The normalized spacial score (nSPS) is 10.1. The molecule has 0 spiro atoms. The van der Waals surface area contributed by atoms with Gasteiger partial charge in [0.15, 0.2) is 0 Å². The van der Waals surface area contributed by atoms with Crippen LogP contribution in [0.5, 0.6) is 0 Å². The van der Waals surface area contributed by atoms with Crippen molar-refractivity contribution >= 4 is 18.2 Å². The second kappa shape index (κ2) is 4.75. The average Bonchev–Trinajstić information content (AvgIpc) is 2.33. The highest BCUT2D eigenvalue weighted by Gasteiger charge is 1.99. The quantitative estimate of drug-likeness (QED) is 0.795. The van der Waals surface area contributed by atoms with Gasteiger partial charge in [-0.25, -0.2) is 15.0 Å². The molecule has 0 aliphatic rings. The molecule has 0 saturated heterocycles. The number of nitrogens with one attached hydrogen (secondary N) is 1. The van der Waals surface area contributed by atoms with E-state index in [0.717, 1.165) is 5.69 Å². The van der Waals surface area contributed by atoms with E-state index in [1.165, 1.54) is 6.33 Å². The SMILES string of the molecule is CNc1ncn(Cc2ccncn2)c(=S)n1. The largest absolute Gasteiger partial charge is 0.357 e.